The van der Waals surface area contributed by atoms with Crippen molar-refractivity contribution in [2.45, 2.75) is 26.4 Å². The number of rotatable bonds is 5. The van der Waals surface area contributed by atoms with E-state index in [2.05, 4.69) is 5.32 Å². The predicted octanol–water partition coefficient (Wildman–Crippen LogP) is 1.11. The number of nitrogens with two attached hydrogens (primary N) is 1. The van der Waals surface area contributed by atoms with Gasteiger partial charge in [-0.05, 0) is 25.5 Å². The number of likely N-dealkylation sites (N-methyl/N-ethyl adjacent to an activating group) is 2. The molecule has 0 aromatic heterocycles. The van der Waals surface area contributed by atoms with Gasteiger partial charge in [-0.3, -0.25) is 4.79 Å². The molecule has 4 heteroatoms. The summed E-state index contributed by atoms with van der Waals surface area (Å²) in [6.45, 7) is 4.93. The van der Waals surface area contributed by atoms with E-state index >= 15 is 0 Å². The first kappa shape index (κ1) is 13.5. The fourth-order valence-corrected chi connectivity index (χ4v) is 1.73. The quantitative estimate of drug-likeness (QED) is 0.803. The van der Waals surface area contributed by atoms with Crippen LogP contribution >= 0.6 is 0 Å². The molecule has 1 unspecified atom stereocenters. The third-order valence-electron chi connectivity index (χ3n) is 2.90. The van der Waals surface area contributed by atoms with Gasteiger partial charge in [0.1, 0.15) is 6.04 Å². The highest BCUT2D eigenvalue weighted by Gasteiger charge is 2.18. The van der Waals surface area contributed by atoms with Crippen molar-refractivity contribution in [2.24, 2.45) is 5.73 Å². The zero-order valence-corrected chi connectivity index (χ0v) is 10.7. The van der Waals surface area contributed by atoms with Crippen molar-refractivity contribution in [3.63, 3.8) is 0 Å². The second kappa shape index (κ2) is 6.25. The molecule has 17 heavy (non-hydrogen) atoms. The Bertz CT molecular complexity index is 379. The molecular formula is C13H21N3O. The number of anilines is 1. The van der Waals surface area contributed by atoms with E-state index in [1.165, 1.54) is 0 Å². The zero-order valence-electron chi connectivity index (χ0n) is 10.7. The molecule has 0 aliphatic carbocycles. The lowest BCUT2D eigenvalue weighted by Crippen LogP contribution is -2.43. The molecule has 3 N–H and O–H groups in total. The van der Waals surface area contributed by atoms with Gasteiger partial charge in [0.25, 0.3) is 0 Å². The molecule has 4 nitrogen and oxygen atoms in total. The van der Waals surface area contributed by atoms with Crippen LogP contribution in [0.2, 0.25) is 0 Å². The number of nitrogens with one attached hydrogen (secondary N) is 1. The summed E-state index contributed by atoms with van der Waals surface area (Å²) < 4.78 is 0. The van der Waals surface area contributed by atoms with Gasteiger partial charge in [0.15, 0.2) is 0 Å². The lowest BCUT2D eigenvalue weighted by molar-refractivity contribution is -0.121. The molecule has 0 saturated heterocycles. The molecule has 1 aromatic carbocycles. The minimum atomic E-state index is -0.206. The van der Waals surface area contributed by atoms with Crippen molar-refractivity contribution >= 4 is 11.6 Å². The minimum Gasteiger partial charge on any atom is -0.363 e. The van der Waals surface area contributed by atoms with Crippen molar-refractivity contribution in [1.29, 1.82) is 0 Å². The first-order chi connectivity index (χ1) is 8.11. The van der Waals surface area contributed by atoms with Gasteiger partial charge in [0, 0.05) is 25.8 Å². The molecule has 1 aromatic rings. The summed E-state index contributed by atoms with van der Waals surface area (Å²) in [5, 5.41) is 2.82. The Kier molecular flexibility index (Phi) is 4.97. The number of amides is 1. The van der Waals surface area contributed by atoms with Crippen LogP contribution in [0.5, 0.6) is 0 Å². The Balaban J connectivity index is 2.88. The van der Waals surface area contributed by atoms with Crippen molar-refractivity contribution in [2.75, 3.05) is 18.5 Å². The predicted molar refractivity (Wildman–Crippen MR) is 70.9 cm³/mol. The molecule has 0 saturated carbocycles. The minimum absolute atomic E-state index is 0.0295. The van der Waals surface area contributed by atoms with Gasteiger partial charge >= 0.3 is 0 Å². The highest BCUT2D eigenvalue weighted by Crippen LogP contribution is 2.20. The fraction of sp³-hybridized carbons (Fsp3) is 0.462. The monoisotopic (exact) mass is 235 g/mol. The molecule has 1 amide bonds. The lowest BCUT2D eigenvalue weighted by atomic mass is 10.1. The summed E-state index contributed by atoms with van der Waals surface area (Å²) >= 11 is 0. The number of nitrogens with zero attached hydrogens (tertiary/aromatic N) is 1. The molecule has 0 aliphatic rings. The van der Waals surface area contributed by atoms with Gasteiger partial charge in [-0.25, -0.2) is 0 Å². The van der Waals surface area contributed by atoms with E-state index in [4.69, 9.17) is 5.73 Å². The van der Waals surface area contributed by atoms with E-state index in [0.717, 1.165) is 11.3 Å². The highest BCUT2D eigenvalue weighted by atomic mass is 16.2. The van der Waals surface area contributed by atoms with Gasteiger partial charge in [0.05, 0.1) is 0 Å². The number of carbonyl (C=O) groups is 1. The molecule has 0 aliphatic heterocycles. The number of hydrogen-bond donors (Lipinski definition) is 2. The molecular weight excluding hydrogens is 214 g/mol. The standard InChI is InChI=1S/C13H21N3O/c1-4-15-13(17)10(2)16(3)12-8-6-5-7-11(12)9-14/h5-8,10H,4,9,14H2,1-3H3,(H,15,17). The first-order valence-corrected chi connectivity index (χ1v) is 5.90. The van der Waals surface area contributed by atoms with E-state index in [9.17, 15) is 4.79 Å². The Labute approximate surface area is 103 Å². The SMILES string of the molecule is CCNC(=O)C(C)N(C)c1ccccc1CN. The van der Waals surface area contributed by atoms with Crippen molar-refractivity contribution < 1.29 is 4.79 Å². The average molecular weight is 235 g/mol. The van der Waals surface area contributed by atoms with Crippen molar-refractivity contribution in [3.05, 3.63) is 29.8 Å². The molecule has 0 fully saturated rings. The second-order valence-electron chi connectivity index (χ2n) is 4.01. The number of para-hydroxylation sites is 1. The van der Waals surface area contributed by atoms with E-state index < -0.39 is 0 Å². The van der Waals surface area contributed by atoms with E-state index in [1.54, 1.807) is 0 Å². The average Bonchev–Trinajstić information content (AvgIpc) is 2.37. The van der Waals surface area contributed by atoms with Gasteiger partial charge in [0.2, 0.25) is 5.91 Å². The third kappa shape index (κ3) is 3.20. The normalized spacial score (nSPS) is 12.0. The smallest absolute Gasteiger partial charge is 0.242 e. The van der Waals surface area contributed by atoms with Crippen LogP contribution in [-0.4, -0.2) is 25.5 Å². The molecule has 0 spiro atoms. The summed E-state index contributed by atoms with van der Waals surface area (Å²) in [6, 6.07) is 7.67. The van der Waals surface area contributed by atoms with Gasteiger partial charge < -0.3 is 16.0 Å². The molecule has 0 heterocycles. The molecule has 1 rings (SSSR count). The molecule has 94 valence electrons. The summed E-state index contributed by atoms with van der Waals surface area (Å²) in [6.07, 6.45) is 0. The maximum atomic E-state index is 11.8. The van der Waals surface area contributed by atoms with Crippen LogP contribution in [0.15, 0.2) is 24.3 Å². The molecule has 0 bridgehead atoms. The van der Waals surface area contributed by atoms with Gasteiger partial charge in [-0.1, -0.05) is 18.2 Å². The Morgan fingerprint density at radius 1 is 1.47 bits per heavy atom. The Hall–Kier alpha value is -1.55. The van der Waals surface area contributed by atoms with Crippen molar-refractivity contribution in [3.8, 4) is 0 Å². The Morgan fingerprint density at radius 3 is 2.71 bits per heavy atom. The topological polar surface area (TPSA) is 58.4 Å². The zero-order chi connectivity index (χ0) is 12.8. The van der Waals surface area contributed by atoms with Crippen LogP contribution in [0.25, 0.3) is 0 Å². The summed E-state index contributed by atoms with van der Waals surface area (Å²) in [5.74, 6) is 0.0295. The first-order valence-electron chi connectivity index (χ1n) is 5.90. The largest absolute Gasteiger partial charge is 0.363 e. The molecule has 1 atom stereocenters. The summed E-state index contributed by atoms with van der Waals surface area (Å²) in [4.78, 5) is 13.7. The maximum absolute atomic E-state index is 11.8. The second-order valence-corrected chi connectivity index (χ2v) is 4.01. The third-order valence-corrected chi connectivity index (χ3v) is 2.90. The number of carbonyl (C=O) groups excluding carboxylic acids is 1. The lowest BCUT2D eigenvalue weighted by Gasteiger charge is -2.27. The number of benzene rings is 1. The summed E-state index contributed by atoms with van der Waals surface area (Å²) in [5.41, 5.74) is 7.75. The van der Waals surface area contributed by atoms with Crippen LogP contribution in [0.4, 0.5) is 5.69 Å². The molecule has 0 radical (unpaired) electrons. The van der Waals surface area contributed by atoms with Crippen LogP contribution < -0.4 is 16.0 Å². The van der Waals surface area contributed by atoms with Crippen molar-refractivity contribution in [1.82, 2.24) is 5.32 Å². The van der Waals surface area contributed by atoms with Gasteiger partial charge in [-0.15, -0.1) is 0 Å². The van der Waals surface area contributed by atoms with E-state index in [-0.39, 0.29) is 11.9 Å². The Morgan fingerprint density at radius 2 is 2.12 bits per heavy atom. The number of hydrogen-bond acceptors (Lipinski definition) is 3. The van der Waals surface area contributed by atoms with Gasteiger partial charge in [-0.2, -0.15) is 0 Å². The van der Waals surface area contributed by atoms with Crippen LogP contribution in [0, 0.1) is 0 Å². The fourth-order valence-electron chi connectivity index (χ4n) is 1.73. The van der Waals surface area contributed by atoms with E-state index in [0.29, 0.717) is 13.1 Å². The summed E-state index contributed by atoms with van der Waals surface area (Å²) in [7, 11) is 1.91. The maximum Gasteiger partial charge on any atom is 0.242 e. The van der Waals surface area contributed by atoms with Crippen LogP contribution in [0.3, 0.4) is 0 Å². The van der Waals surface area contributed by atoms with E-state index in [1.807, 2.05) is 50.1 Å². The van der Waals surface area contributed by atoms with Crippen LogP contribution in [-0.2, 0) is 11.3 Å². The van der Waals surface area contributed by atoms with Crippen LogP contribution in [0.1, 0.15) is 19.4 Å². The highest BCUT2D eigenvalue weighted by molar-refractivity contribution is 5.84.